The molecule has 0 N–H and O–H groups in total. The van der Waals surface area contributed by atoms with Gasteiger partial charge in [-0.2, -0.15) is 0 Å². The van der Waals surface area contributed by atoms with Crippen molar-refractivity contribution in [1.82, 2.24) is 39.9 Å². The van der Waals surface area contributed by atoms with Gasteiger partial charge in [0.25, 0.3) is 0 Å². The Balaban J connectivity index is 0.000000108. The van der Waals surface area contributed by atoms with Crippen molar-refractivity contribution in [3.8, 4) is 179 Å². The van der Waals surface area contributed by atoms with Crippen LogP contribution in [0.4, 0.5) is 0 Å². The fourth-order valence-electron chi connectivity index (χ4n) is 17.5. The minimum atomic E-state index is 0.964. The third kappa shape index (κ3) is 19.5. The number of nitrogens with zero attached hydrogens (tertiary/aromatic N) is 8. The molecule has 0 atom stereocenters. The summed E-state index contributed by atoms with van der Waals surface area (Å²) in [5.74, 6) is 0. The van der Waals surface area contributed by atoms with Crippen LogP contribution in [0.1, 0.15) is 0 Å². The number of benzene rings is 16. The number of rotatable bonds is 16. The summed E-state index contributed by atoms with van der Waals surface area (Å²) >= 11 is 0. The molecule has 0 bridgehead atoms. The van der Waals surface area contributed by atoms with Gasteiger partial charge in [-0.15, -0.1) is 0 Å². The molecule has 8 heteroatoms. The minimum absolute atomic E-state index is 0.964. The van der Waals surface area contributed by atoms with Gasteiger partial charge in [-0.1, -0.05) is 406 Å². The molecule has 0 spiro atoms. The summed E-state index contributed by atoms with van der Waals surface area (Å²) in [6.45, 7) is 0. The topological polar surface area (TPSA) is 103 Å². The van der Waals surface area contributed by atoms with E-state index >= 15 is 0 Å². The van der Waals surface area contributed by atoms with Crippen LogP contribution >= 0.6 is 0 Å². The van der Waals surface area contributed by atoms with E-state index in [-0.39, 0.29) is 0 Å². The molecule has 24 rings (SSSR count). The van der Waals surface area contributed by atoms with Crippen LogP contribution in [0, 0.1) is 0 Å². The van der Waals surface area contributed by atoms with Crippen molar-refractivity contribution in [1.29, 1.82) is 0 Å². The van der Waals surface area contributed by atoms with Crippen LogP contribution in [0.25, 0.3) is 223 Å². The Morgan fingerprint density at radius 3 is 0.926 bits per heavy atom. The van der Waals surface area contributed by atoms with Crippen LogP contribution in [0.5, 0.6) is 0 Å². The van der Waals surface area contributed by atoms with Crippen molar-refractivity contribution >= 4 is 43.4 Å². The summed E-state index contributed by atoms with van der Waals surface area (Å²) in [5, 5.41) is 7.02. The van der Waals surface area contributed by atoms with Crippen LogP contribution in [0.3, 0.4) is 0 Å². The van der Waals surface area contributed by atoms with E-state index in [9.17, 15) is 0 Å². The van der Waals surface area contributed by atoms with E-state index in [4.69, 9.17) is 29.9 Å². The second kappa shape index (κ2) is 40.0. The lowest BCUT2D eigenvalue weighted by Crippen LogP contribution is -1.92. The maximum Gasteiger partial charge on any atom is 0.0780 e. The molecule has 16 aromatic carbocycles. The summed E-state index contributed by atoms with van der Waals surface area (Å²) < 4.78 is 0. The van der Waals surface area contributed by atoms with E-state index in [0.29, 0.717) is 0 Å². The lowest BCUT2D eigenvalue weighted by Gasteiger charge is -2.12. The highest BCUT2D eigenvalue weighted by Gasteiger charge is 2.18. The molecular weight excluding hydrogens is 1650 g/mol. The normalized spacial score (nSPS) is 10.9. The largest absolute Gasteiger partial charge is 0.264 e. The first kappa shape index (κ1) is 84.6. The lowest BCUT2D eigenvalue weighted by molar-refractivity contribution is 1.32. The third-order valence-electron chi connectivity index (χ3n) is 24.5. The van der Waals surface area contributed by atoms with E-state index < -0.39 is 0 Å². The third-order valence-corrected chi connectivity index (χ3v) is 24.5. The molecule has 8 aromatic heterocycles. The predicted molar refractivity (Wildman–Crippen MR) is 565 cm³/mol. The number of hydrogen-bond donors (Lipinski definition) is 0. The molecular formula is C128H88N8. The van der Waals surface area contributed by atoms with Gasteiger partial charge in [0, 0.05) is 102 Å². The van der Waals surface area contributed by atoms with Gasteiger partial charge in [-0.3, -0.25) is 15.0 Å². The molecule has 0 saturated heterocycles. The van der Waals surface area contributed by atoms with Gasteiger partial charge in [0.1, 0.15) is 0 Å². The van der Waals surface area contributed by atoms with Gasteiger partial charge in [-0.05, 0) is 181 Å². The van der Waals surface area contributed by atoms with Crippen molar-refractivity contribution in [2.45, 2.75) is 0 Å². The Morgan fingerprint density at radius 1 is 0.132 bits per heavy atom. The highest BCUT2D eigenvalue weighted by atomic mass is 14.7. The average Bonchev–Trinajstić information content (AvgIpc) is 0.800. The molecule has 0 fully saturated rings. The number of pyridine rings is 8. The summed E-state index contributed by atoms with van der Waals surface area (Å²) in [5.41, 5.74) is 36.8. The molecule has 136 heavy (non-hydrogen) atoms. The molecule has 640 valence electrons. The highest BCUT2D eigenvalue weighted by Crippen LogP contribution is 2.40. The standard InChI is InChI=1S/4C32H22N2/c1-3-11-24(12-4-1)30-21-28(22-31(34-30)25-13-5-2-6-14-25)26-15-9-16-27(20-26)32-29-17-8-7-10-23(29)18-19-33-32;1-3-10-23(11-4-1)31-21-28(22-32(34-31)24-12-5-2-6-13-24)26-15-9-16-27(20-26)30-19-18-25-14-7-8-17-29(25)33-30;1-3-8-25(9-4-1)31-21-29(22-32(34-31)26-10-5-2-6-11-26)24-15-13-23(14-16-24)27-17-18-30-28(20-27)12-7-19-33-30;1-3-8-25(9-4-1)31-20-28(21-32(34-31)26-10-5-2-6-11-26)23-14-16-24(17-15-23)29-13-7-12-27-22-33-19-18-30(27)29/h4*1-22H. The van der Waals surface area contributed by atoms with Crippen molar-refractivity contribution in [2.75, 3.05) is 0 Å². The maximum absolute atomic E-state index is 5.01. The van der Waals surface area contributed by atoms with E-state index in [1.807, 2.05) is 91.5 Å². The summed E-state index contributed by atoms with van der Waals surface area (Å²) in [4.78, 5) is 38.3. The molecule has 0 aliphatic heterocycles. The Morgan fingerprint density at radius 2 is 0.471 bits per heavy atom. The van der Waals surface area contributed by atoms with E-state index in [2.05, 4.69) is 453 Å². The molecule has 0 unspecified atom stereocenters. The molecule has 24 aromatic rings. The van der Waals surface area contributed by atoms with Gasteiger partial charge in [0.15, 0.2) is 0 Å². The van der Waals surface area contributed by atoms with E-state index in [0.717, 1.165) is 179 Å². The number of aromatic nitrogens is 8. The Kier molecular flexibility index (Phi) is 24.9. The summed E-state index contributed by atoms with van der Waals surface area (Å²) in [6, 6.07) is 177. The molecule has 8 heterocycles. The molecule has 8 nitrogen and oxygen atoms in total. The van der Waals surface area contributed by atoms with Gasteiger partial charge in [0.05, 0.1) is 68.0 Å². The molecule has 0 aliphatic rings. The van der Waals surface area contributed by atoms with Crippen LogP contribution in [-0.4, -0.2) is 39.9 Å². The molecule has 0 saturated carbocycles. The lowest BCUT2D eigenvalue weighted by atomic mass is 9.96. The zero-order chi connectivity index (χ0) is 91.0. The Hall–Kier alpha value is -18.2. The van der Waals surface area contributed by atoms with Crippen molar-refractivity contribution in [2.24, 2.45) is 0 Å². The number of fused-ring (bicyclic) bond motifs is 4. The van der Waals surface area contributed by atoms with E-state index in [1.165, 1.54) is 44.2 Å². The zero-order valence-corrected chi connectivity index (χ0v) is 74.4. The first-order valence-corrected chi connectivity index (χ1v) is 45.7. The van der Waals surface area contributed by atoms with Crippen molar-refractivity contribution < 1.29 is 0 Å². The first-order valence-electron chi connectivity index (χ1n) is 45.7. The molecule has 0 radical (unpaired) electrons. The van der Waals surface area contributed by atoms with Crippen molar-refractivity contribution in [3.05, 3.63) is 534 Å². The maximum atomic E-state index is 5.01. The van der Waals surface area contributed by atoms with E-state index in [1.54, 1.807) is 0 Å². The SMILES string of the molecule is c1ccc(-c2cc(-c3ccc(-c4ccc5ncccc5c4)cc3)cc(-c3ccccc3)n2)cc1.c1ccc(-c2cc(-c3ccc(-c4cccc5cnccc45)cc3)cc(-c3ccccc3)n2)cc1.c1ccc(-c2cc(-c3cccc(-c4ccc5ccccc5n4)c3)cc(-c3ccccc3)n2)cc1.c1ccc(-c2cc(-c3cccc(-c4nccc5ccccc45)c3)cc(-c3ccccc3)n2)cc1. The fourth-order valence-corrected chi connectivity index (χ4v) is 17.5. The van der Waals surface area contributed by atoms with Crippen LogP contribution in [0.15, 0.2) is 534 Å². The number of hydrogen-bond acceptors (Lipinski definition) is 8. The highest BCUT2D eigenvalue weighted by molar-refractivity contribution is 5.98. The fraction of sp³-hybridized carbons (Fsp3) is 0. The molecule has 0 aliphatic carbocycles. The Bertz CT molecular complexity index is 8030. The smallest absolute Gasteiger partial charge is 0.0780 e. The monoisotopic (exact) mass is 1740 g/mol. The second-order valence-corrected chi connectivity index (χ2v) is 33.3. The summed E-state index contributed by atoms with van der Waals surface area (Å²) in [6.07, 6.45) is 7.49. The Labute approximate surface area is 791 Å². The quantitative estimate of drug-likeness (QED) is 0.0943. The average molecular weight is 1740 g/mol. The molecule has 0 amide bonds. The van der Waals surface area contributed by atoms with Crippen LogP contribution < -0.4 is 0 Å². The summed E-state index contributed by atoms with van der Waals surface area (Å²) in [7, 11) is 0. The van der Waals surface area contributed by atoms with Crippen LogP contribution in [-0.2, 0) is 0 Å². The zero-order valence-electron chi connectivity index (χ0n) is 74.4. The van der Waals surface area contributed by atoms with Crippen LogP contribution in [0.2, 0.25) is 0 Å². The van der Waals surface area contributed by atoms with Gasteiger partial charge < -0.3 is 0 Å². The van der Waals surface area contributed by atoms with Gasteiger partial charge in [-0.25, -0.2) is 24.9 Å². The number of para-hydroxylation sites is 1. The predicted octanol–water partition coefficient (Wildman–Crippen LogP) is 33.2. The first-order chi connectivity index (χ1) is 67.4. The second-order valence-electron chi connectivity index (χ2n) is 33.3. The van der Waals surface area contributed by atoms with Gasteiger partial charge in [0.2, 0.25) is 0 Å². The van der Waals surface area contributed by atoms with Gasteiger partial charge >= 0.3 is 0 Å². The van der Waals surface area contributed by atoms with Crippen molar-refractivity contribution in [3.63, 3.8) is 0 Å². The minimum Gasteiger partial charge on any atom is -0.264 e.